The zero-order chi connectivity index (χ0) is 14.7. The van der Waals surface area contributed by atoms with Crippen molar-refractivity contribution in [1.29, 1.82) is 0 Å². The summed E-state index contributed by atoms with van der Waals surface area (Å²) in [6.45, 7) is 3.74. The van der Waals surface area contributed by atoms with Gasteiger partial charge in [0, 0.05) is 5.56 Å². The first kappa shape index (κ1) is 13.7. The lowest BCUT2D eigenvalue weighted by Crippen LogP contribution is -2.15. The van der Waals surface area contributed by atoms with Crippen LogP contribution in [0.25, 0.3) is 0 Å². The Morgan fingerprint density at radius 2 is 1.75 bits per heavy atom. The zero-order valence-corrected chi connectivity index (χ0v) is 11.2. The van der Waals surface area contributed by atoms with Crippen molar-refractivity contribution in [3.63, 3.8) is 0 Å². The normalized spacial score (nSPS) is 10.1. The van der Waals surface area contributed by atoms with Crippen molar-refractivity contribution in [3.8, 4) is 0 Å². The third-order valence-corrected chi connectivity index (χ3v) is 2.95. The van der Waals surface area contributed by atoms with Crippen LogP contribution in [0.4, 0.5) is 5.69 Å². The molecule has 0 radical (unpaired) electrons. The fraction of sp³-hybridized carbons (Fsp3) is 0.133. The van der Waals surface area contributed by atoms with E-state index < -0.39 is 5.97 Å². The van der Waals surface area contributed by atoms with E-state index in [-0.39, 0.29) is 11.6 Å². The van der Waals surface area contributed by atoms with Gasteiger partial charge in [-0.15, -0.1) is 0 Å². The lowest BCUT2D eigenvalue weighted by molar-refractivity contribution is 0.0690. The number of hydrogen-bond acceptors (Lipinski definition) is 3. The van der Waals surface area contributed by atoms with Gasteiger partial charge in [-0.05, 0) is 37.1 Å². The topological polar surface area (TPSA) is 79.3 Å². The number of benzene rings is 1. The van der Waals surface area contributed by atoms with Gasteiger partial charge in [0.2, 0.25) is 0 Å². The number of hydrogen-bond donors (Lipinski definition) is 2. The largest absolute Gasteiger partial charge is 0.477 e. The summed E-state index contributed by atoms with van der Waals surface area (Å²) < 4.78 is 0. The van der Waals surface area contributed by atoms with Gasteiger partial charge in [-0.2, -0.15) is 0 Å². The van der Waals surface area contributed by atoms with Gasteiger partial charge in [0.05, 0.1) is 11.9 Å². The third-order valence-electron chi connectivity index (χ3n) is 2.95. The van der Waals surface area contributed by atoms with Gasteiger partial charge in [0.25, 0.3) is 5.91 Å². The van der Waals surface area contributed by atoms with E-state index in [0.29, 0.717) is 11.3 Å². The van der Waals surface area contributed by atoms with Crippen LogP contribution in [-0.4, -0.2) is 22.0 Å². The van der Waals surface area contributed by atoms with Gasteiger partial charge < -0.3 is 10.4 Å². The first-order chi connectivity index (χ1) is 9.49. The second-order valence-electron chi connectivity index (χ2n) is 4.46. The highest BCUT2D eigenvalue weighted by molar-refractivity contribution is 6.06. The second kappa shape index (κ2) is 5.52. The van der Waals surface area contributed by atoms with Gasteiger partial charge >= 0.3 is 5.97 Å². The first-order valence-corrected chi connectivity index (χ1v) is 6.06. The number of nitrogens with zero attached hydrogens (tertiary/aromatic N) is 1. The molecule has 0 aliphatic rings. The number of aryl methyl sites for hydroxylation is 2. The van der Waals surface area contributed by atoms with E-state index >= 15 is 0 Å². The molecule has 0 fully saturated rings. The monoisotopic (exact) mass is 270 g/mol. The maximum Gasteiger partial charge on any atom is 0.354 e. The molecule has 5 heteroatoms. The predicted octanol–water partition coefficient (Wildman–Crippen LogP) is 2.65. The number of rotatable bonds is 3. The van der Waals surface area contributed by atoms with Gasteiger partial charge in [-0.25, -0.2) is 9.78 Å². The molecule has 0 bridgehead atoms. The standard InChI is InChI=1S/C15H14N2O3/c1-9-4-3-5-10(2)13(9)14(18)17-11-6-7-12(15(19)20)16-8-11/h3-8H,1-2H3,(H,17,18)(H,19,20). The minimum absolute atomic E-state index is 0.0601. The number of carboxylic acids is 1. The van der Waals surface area contributed by atoms with E-state index in [1.807, 2.05) is 32.0 Å². The van der Waals surface area contributed by atoms with E-state index in [1.54, 1.807) is 0 Å². The quantitative estimate of drug-likeness (QED) is 0.898. The van der Waals surface area contributed by atoms with E-state index in [0.717, 1.165) is 11.1 Å². The Kier molecular flexibility index (Phi) is 3.79. The predicted molar refractivity (Wildman–Crippen MR) is 75.1 cm³/mol. The van der Waals surface area contributed by atoms with Crippen molar-refractivity contribution < 1.29 is 14.7 Å². The number of anilines is 1. The van der Waals surface area contributed by atoms with E-state index in [4.69, 9.17) is 5.11 Å². The van der Waals surface area contributed by atoms with Crippen molar-refractivity contribution >= 4 is 17.6 Å². The number of amides is 1. The van der Waals surface area contributed by atoms with Crippen LogP contribution in [-0.2, 0) is 0 Å². The molecular formula is C15H14N2O3. The summed E-state index contributed by atoms with van der Waals surface area (Å²) in [4.78, 5) is 26.7. The van der Waals surface area contributed by atoms with E-state index in [2.05, 4.69) is 10.3 Å². The van der Waals surface area contributed by atoms with Crippen molar-refractivity contribution in [1.82, 2.24) is 4.98 Å². The highest BCUT2D eigenvalue weighted by Crippen LogP contribution is 2.16. The van der Waals surface area contributed by atoms with Crippen LogP contribution >= 0.6 is 0 Å². The second-order valence-corrected chi connectivity index (χ2v) is 4.46. The molecule has 2 N–H and O–H groups in total. The Morgan fingerprint density at radius 3 is 2.25 bits per heavy atom. The summed E-state index contributed by atoms with van der Waals surface area (Å²) in [5.74, 6) is -1.33. The van der Waals surface area contributed by atoms with Crippen LogP contribution in [0.15, 0.2) is 36.5 Å². The molecule has 20 heavy (non-hydrogen) atoms. The molecule has 0 saturated carbocycles. The van der Waals surface area contributed by atoms with Crippen LogP contribution in [0.1, 0.15) is 32.0 Å². The molecule has 2 rings (SSSR count). The molecule has 1 heterocycles. The average Bonchev–Trinajstić information content (AvgIpc) is 2.39. The lowest BCUT2D eigenvalue weighted by Gasteiger charge is -2.10. The molecule has 102 valence electrons. The molecule has 0 saturated heterocycles. The number of aromatic carboxylic acids is 1. The molecule has 1 aromatic heterocycles. The van der Waals surface area contributed by atoms with E-state index in [9.17, 15) is 9.59 Å². The van der Waals surface area contributed by atoms with Crippen molar-refractivity contribution in [2.24, 2.45) is 0 Å². The number of nitrogens with one attached hydrogen (secondary N) is 1. The van der Waals surface area contributed by atoms with Crippen molar-refractivity contribution in [2.45, 2.75) is 13.8 Å². The summed E-state index contributed by atoms with van der Waals surface area (Å²) in [6, 6.07) is 8.50. The fourth-order valence-corrected chi connectivity index (χ4v) is 1.96. The number of aromatic nitrogens is 1. The molecule has 0 atom stereocenters. The van der Waals surface area contributed by atoms with Gasteiger partial charge in [0.1, 0.15) is 5.69 Å². The SMILES string of the molecule is Cc1cccc(C)c1C(=O)Nc1ccc(C(=O)O)nc1. The fourth-order valence-electron chi connectivity index (χ4n) is 1.96. The average molecular weight is 270 g/mol. The molecule has 0 aliphatic carbocycles. The van der Waals surface area contributed by atoms with Gasteiger partial charge in [0.15, 0.2) is 0 Å². The van der Waals surface area contributed by atoms with Crippen molar-refractivity contribution in [3.05, 3.63) is 58.9 Å². The molecule has 0 unspecified atom stereocenters. The van der Waals surface area contributed by atoms with Crippen LogP contribution in [0.3, 0.4) is 0 Å². The number of carboxylic acid groups (broad SMARTS) is 1. The molecule has 1 amide bonds. The Balaban J connectivity index is 2.21. The Hall–Kier alpha value is -2.69. The van der Waals surface area contributed by atoms with Crippen LogP contribution in [0.5, 0.6) is 0 Å². The van der Waals surface area contributed by atoms with E-state index in [1.165, 1.54) is 18.3 Å². The summed E-state index contributed by atoms with van der Waals surface area (Å²) in [5.41, 5.74) is 2.79. The third kappa shape index (κ3) is 2.83. The Morgan fingerprint density at radius 1 is 1.10 bits per heavy atom. The zero-order valence-electron chi connectivity index (χ0n) is 11.2. The summed E-state index contributed by atoms with van der Waals surface area (Å²) in [5, 5.41) is 11.5. The summed E-state index contributed by atoms with van der Waals surface area (Å²) in [7, 11) is 0. The van der Waals surface area contributed by atoms with Gasteiger partial charge in [-0.3, -0.25) is 4.79 Å². The smallest absolute Gasteiger partial charge is 0.354 e. The highest BCUT2D eigenvalue weighted by atomic mass is 16.4. The van der Waals surface area contributed by atoms with Crippen LogP contribution in [0.2, 0.25) is 0 Å². The molecule has 5 nitrogen and oxygen atoms in total. The summed E-state index contributed by atoms with van der Waals surface area (Å²) >= 11 is 0. The molecule has 2 aromatic rings. The maximum absolute atomic E-state index is 12.2. The highest BCUT2D eigenvalue weighted by Gasteiger charge is 2.12. The Labute approximate surface area is 116 Å². The number of pyridine rings is 1. The maximum atomic E-state index is 12.2. The summed E-state index contributed by atoms with van der Waals surface area (Å²) in [6.07, 6.45) is 1.33. The minimum Gasteiger partial charge on any atom is -0.477 e. The Bertz CT molecular complexity index is 643. The lowest BCUT2D eigenvalue weighted by atomic mass is 10.0. The van der Waals surface area contributed by atoms with Gasteiger partial charge in [-0.1, -0.05) is 18.2 Å². The molecule has 1 aromatic carbocycles. The van der Waals surface area contributed by atoms with Crippen molar-refractivity contribution in [2.75, 3.05) is 5.32 Å². The first-order valence-electron chi connectivity index (χ1n) is 6.06. The molecule has 0 spiro atoms. The van der Waals surface area contributed by atoms with Crippen LogP contribution < -0.4 is 5.32 Å². The number of carbonyl (C=O) groups excluding carboxylic acids is 1. The molecular weight excluding hydrogens is 256 g/mol. The molecule has 0 aliphatic heterocycles. The minimum atomic E-state index is -1.10. The van der Waals surface area contributed by atoms with Crippen LogP contribution in [0, 0.1) is 13.8 Å². The number of carbonyl (C=O) groups is 2.